The van der Waals surface area contributed by atoms with Gasteiger partial charge in [0.25, 0.3) is 0 Å². The van der Waals surface area contributed by atoms with Gasteiger partial charge in [0.1, 0.15) is 0 Å². The zero-order valence-corrected chi connectivity index (χ0v) is 17.2. The number of likely N-dealkylation sites (tertiary alicyclic amines) is 1. The smallest absolute Gasteiger partial charge is 0.237 e. The first kappa shape index (κ1) is 18.4. The number of rotatable bonds is 7. The highest BCUT2D eigenvalue weighted by molar-refractivity contribution is 8.01. The molecule has 0 radical (unpaired) electrons. The molecule has 1 saturated carbocycles. The van der Waals surface area contributed by atoms with E-state index in [0.29, 0.717) is 5.13 Å². The summed E-state index contributed by atoms with van der Waals surface area (Å²) in [6.45, 7) is 3.55. The van der Waals surface area contributed by atoms with Crippen molar-refractivity contribution in [2.24, 2.45) is 0 Å². The van der Waals surface area contributed by atoms with Gasteiger partial charge in [-0.2, -0.15) is 0 Å². The van der Waals surface area contributed by atoms with Gasteiger partial charge >= 0.3 is 0 Å². The lowest BCUT2D eigenvalue weighted by atomic mass is 9.83. The molecule has 1 aliphatic heterocycles. The topological polar surface area (TPSA) is 58.1 Å². The van der Waals surface area contributed by atoms with E-state index in [9.17, 15) is 4.79 Å². The van der Waals surface area contributed by atoms with E-state index in [-0.39, 0.29) is 11.3 Å². The molecule has 0 unspecified atom stereocenters. The summed E-state index contributed by atoms with van der Waals surface area (Å²) in [4.78, 5) is 16.7. The average molecular weight is 409 g/mol. The number of nitrogens with one attached hydrogen (secondary N) is 1. The van der Waals surface area contributed by atoms with Crippen molar-refractivity contribution in [3.05, 3.63) is 22.4 Å². The SMILES string of the molecule is O=C(Nc1nnc(SCCN2CCCC2)s1)C1(c2cccs2)CCCC1. The predicted octanol–water partition coefficient (Wildman–Crippen LogP) is 4.24. The molecule has 2 aliphatic rings. The minimum Gasteiger partial charge on any atom is -0.303 e. The fourth-order valence-corrected chi connectivity index (χ4v) is 6.72. The third kappa shape index (κ3) is 3.98. The molecule has 2 aromatic rings. The number of amides is 1. The fourth-order valence-electron chi connectivity index (χ4n) is 3.92. The normalized spacial score (nSPS) is 19.8. The Balaban J connectivity index is 1.35. The molecule has 1 N–H and O–H groups in total. The van der Waals surface area contributed by atoms with Crippen LogP contribution < -0.4 is 5.32 Å². The molecule has 5 nitrogen and oxygen atoms in total. The summed E-state index contributed by atoms with van der Waals surface area (Å²) in [6, 6.07) is 4.13. The van der Waals surface area contributed by atoms with Crippen LogP contribution in [-0.2, 0) is 10.2 Å². The van der Waals surface area contributed by atoms with E-state index in [1.54, 1.807) is 23.1 Å². The van der Waals surface area contributed by atoms with Gasteiger partial charge in [0.2, 0.25) is 11.0 Å². The summed E-state index contributed by atoms with van der Waals surface area (Å²) in [5.74, 6) is 1.11. The van der Waals surface area contributed by atoms with Crippen LogP contribution in [0.1, 0.15) is 43.4 Å². The van der Waals surface area contributed by atoms with Gasteiger partial charge in [-0.1, -0.05) is 42.0 Å². The van der Waals surface area contributed by atoms with Crippen LogP contribution in [0, 0.1) is 0 Å². The van der Waals surface area contributed by atoms with E-state index < -0.39 is 0 Å². The second-order valence-corrected chi connectivity index (χ2v) is 10.3. The second kappa shape index (κ2) is 8.37. The summed E-state index contributed by atoms with van der Waals surface area (Å²) in [6.07, 6.45) is 6.72. The Morgan fingerprint density at radius 1 is 1.23 bits per heavy atom. The van der Waals surface area contributed by atoms with Gasteiger partial charge < -0.3 is 4.90 Å². The summed E-state index contributed by atoms with van der Waals surface area (Å²) in [5.41, 5.74) is -0.372. The lowest BCUT2D eigenvalue weighted by molar-refractivity contribution is -0.121. The van der Waals surface area contributed by atoms with Crippen molar-refractivity contribution in [2.45, 2.75) is 48.3 Å². The van der Waals surface area contributed by atoms with Gasteiger partial charge in [-0.3, -0.25) is 10.1 Å². The summed E-state index contributed by atoms with van der Waals surface area (Å²) in [5, 5.41) is 14.2. The number of thiophene rings is 1. The molecule has 2 aromatic heterocycles. The first-order valence-corrected chi connectivity index (χ1v) is 12.0. The molecular weight excluding hydrogens is 384 g/mol. The summed E-state index contributed by atoms with van der Waals surface area (Å²) < 4.78 is 0.941. The number of nitrogens with zero attached hydrogens (tertiary/aromatic N) is 3. The van der Waals surface area contributed by atoms with Crippen molar-refractivity contribution in [1.29, 1.82) is 0 Å². The van der Waals surface area contributed by atoms with Crippen LogP contribution in [0.3, 0.4) is 0 Å². The molecule has 140 valence electrons. The van der Waals surface area contributed by atoms with E-state index in [2.05, 4.69) is 31.9 Å². The monoisotopic (exact) mass is 408 g/mol. The van der Waals surface area contributed by atoms with Crippen molar-refractivity contribution >= 4 is 45.5 Å². The zero-order chi connectivity index (χ0) is 17.8. The number of thioether (sulfide) groups is 1. The summed E-state index contributed by atoms with van der Waals surface area (Å²) in [7, 11) is 0. The largest absolute Gasteiger partial charge is 0.303 e. The number of anilines is 1. The Kier molecular flexibility index (Phi) is 5.93. The van der Waals surface area contributed by atoms with Crippen molar-refractivity contribution in [1.82, 2.24) is 15.1 Å². The standard InChI is InChI=1S/C18H24N4OS3/c23-15(18(7-1-2-8-18)14-6-5-12-24-14)19-16-20-21-17(26-16)25-13-11-22-9-3-4-10-22/h5-6,12H,1-4,7-11,13H2,(H,19,20,23). The van der Waals surface area contributed by atoms with E-state index in [0.717, 1.165) is 42.3 Å². The third-order valence-corrected chi connectivity index (χ3v) is 8.37. The molecular formula is C18H24N4OS3. The van der Waals surface area contributed by atoms with Crippen LogP contribution in [0.15, 0.2) is 21.9 Å². The number of carbonyl (C=O) groups excluding carboxylic acids is 1. The van der Waals surface area contributed by atoms with E-state index in [1.807, 2.05) is 6.07 Å². The third-order valence-electron chi connectivity index (χ3n) is 5.34. The Morgan fingerprint density at radius 3 is 2.77 bits per heavy atom. The maximum absolute atomic E-state index is 13.1. The Hall–Kier alpha value is -0.960. The Labute approximate surface area is 166 Å². The van der Waals surface area contributed by atoms with Gasteiger partial charge in [-0.05, 0) is 50.2 Å². The van der Waals surface area contributed by atoms with Crippen molar-refractivity contribution in [3.8, 4) is 0 Å². The highest BCUT2D eigenvalue weighted by Crippen LogP contribution is 2.44. The Bertz CT molecular complexity index is 719. The van der Waals surface area contributed by atoms with E-state index in [4.69, 9.17) is 0 Å². The van der Waals surface area contributed by atoms with Gasteiger partial charge in [-0.25, -0.2) is 0 Å². The van der Waals surface area contributed by atoms with Gasteiger partial charge in [0.15, 0.2) is 4.34 Å². The lowest BCUT2D eigenvalue weighted by Crippen LogP contribution is -2.37. The van der Waals surface area contributed by atoms with E-state index >= 15 is 0 Å². The van der Waals surface area contributed by atoms with Crippen molar-refractivity contribution in [2.75, 3.05) is 30.7 Å². The highest BCUT2D eigenvalue weighted by atomic mass is 32.2. The molecule has 0 atom stereocenters. The number of hydrogen-bond donors (Lipinski definition) is 1. The fraction of sp³-hybridized carbons (Fsp3) is 0.611. The minimum atomic E-state index is -0.372. The first-order chi connectivity index (χ1) is 12.8. The highest BCUT2D eigenvalue weighted by Gasteiger charge is 2.43. The van der Waals surface area contributed by atoms with Crippen LogP contribution >= 0.6 is 34.4 Å². The van der Waals surface area contributed by atoms with Crippen LogP contribution in [0.2, 0.25) is 0 Å². The van der Waals surface area contributed by atoms with Crippen LogP contribution in [0.25, 0.3) is 0 Å². The molecule has 1 saturated heterocycles. The molecule has 0 spiro atoms. The molecule has 3 heterocycles. The molecule has 8 heteroatoms. The molecule has 0 bridgehead atoms. The molecule has 2 fully saturated rings. The maximum Gasteiger partial charge on any atom is 0.237 e. The first-order valence-electron chi connectivity index (χ1n) is 9.30. The maximum atomic E-state index is 13.1. The van der Waals surface area contributed by atoms with Gasteiger partial charge in [0, 0.05) is 17.2 Å². The average Bonchev–Trinajstić information content (AvgIpc) is 3.42. The molecule has 1 aliphatic carbocycles. The van der Waals surface area contributed by atoms with E-state index in [1.165, 1.54) is 42.1 Å². The van der Waals surface area contributed by atoms with Crippen molar-refractivity contribution in [3.63, 3.8) is 0 Å². The number of aromatic nitrogens is 2. The molecule has 26 heavy (non-hydrogen) atoms. The van der Waals surface area contributed by atoms with Crippen LogP contribution in [0.4, 0.5) is 5.13 Å². The van der Waals surface area contributed by atoms with Gasteiger partial charge in [0.05, 0.1) is 5.41 Å². The summed E-state index contributed by atoms with van der Waals surface area (Å²) >= 11 is 4.91. The second-order valence-electron chi connectivity index (χ2n) is 6.99. The molecule has 1 amide bonds. The predicted molar refractivity (Wildman–Crippen MR) is 109 cm³/mol. The quantitative estimate of drug-likeness (QED) is 0.549. The molecule has 0 aromatic carbocycles. The van der Waals surface area contributed by atoms with Gasteiger partial charge in [-0.15, -0.1) is 21.5 Å². The Morgan fingerprint density at radius 2 is 2.04 bits per heavy atom. The zero-order valence-electron chi connectivity index (χ0n) is 14.8. The lowest BCUT2D eigenvalue weighted by Gasteiger charge is -2.25. The van der Waals surface area contributed by atoms with Crippen molar-refractivity contribution < 1.29 is 4.79 Å². The molecule has 4 rings (SSSR count). The van der Waals surface area contributed by atoms with Crippen LogP contribution in [-0.4, -0.2) is 46.4 Å². The number of hydrogen-bond acceptors (Lipinski definition) is 7. The van der Waals surface area contributed by atoms with Crippen LogP contribution in [0.5, 0.6) is 0 Å². The number of carbonyl (C=O) groups is 1. The minimum absolute atomic E-state index is 0.0854.